The van der Waals surface area contributed by atoms with Gasteiger partial charge in [0.05, 0.1) is 5.69 Å². The van der Waals surface area contributed by atoms with Crippen LogP contribution in [0.1, 0.15) is 0 Å². The highest BCUT2D eigenvalue weighted by molar-refractivity contribution is 6.34. The molecule has 0 spiro atoms. The fraction of sp³-hybridized carbons (Fsp3) is 0. The fourth-order valence-corrected chi connectivity index (χ4v) is 3.25. The lowest BCUT2D eigenvalue weighted by Crippen LogP contribution is -2.20. The summed E-state index contributed by atoms with van der Waals surface area (Å²) in [4.78, 5) is 2.17. The second-order valence-electron chi connectivity index (χ2n) is 6.08. The van der Waals surface area contributed by atoms with E-state index in [9.17, 15) is 10.0 Å². The molecule has 4 nitrogen and oxygen atoms in total. The second-order valence-corrected chi connectivity index (χ2v) is 6.08. The number of fused-ring (bicyclic) bond motifs is 1. The lowest BCUT2D eigenvalue weighted by molar-refractivity contribution is 0.289. The Labute approximate surface area is 158 Å². The van der Waals surface area contributed by atoms with Crippen LogP contribution in [0, 0.1) is 0 Å². The van der Waals surface area contributed by atoms with Crippen molar-refractivity contribution in [3.05, 3.63) is 97.1 Å². The quantitative estimate of drug-likeness (QED) is 0.512. The lowest BCUT2D eigenvalue weighted by atomic mass is 10.0. The standard InChI is InChI=1S/C22H18BNO3/c25-23(26)27-22-16-15-21(19-13-7-8-14-20(19)22)24(17-9-3-1-4-10-17)18-11-5-2-6-12-18/h1-16,25-26H. The van der Waals surface area contributed by atoms with Crippen molar-refractivity contribution < 1.29 is 14.7 Å². The van der Waals surface area contributed by atoms with E-state index in [4.69, 9.17) is 4.65 Å². The van der Waals surface area contributed by atoms with E-state index in [1.807, 2.05) is 66.7 Å². The maximum absolute atomic E-state index is 9.22. The number of benzene rings is 4. The molecule has 0 aliphatic rings. The Morgan fingerprint density at radius 3 is 1.67 bits per heavy atom. The topological polar surface area (TPSA) is 52.9 Å². The third-order valence-corrected chi connectivity index (χ3v) is 4.36. The average molecular weight is 355 g/mol. The van der Waals surface area contributed by atoms with E-state index >= 15 is 0 Å². The van der Waals surface area contributed by atoms with Gasteiger partial charge in [-0.15, -0.1) is 0 Å². The van der Waals surface area contributed by atoms with E-state index in [2.05, 4.69) is 29.2 Å². The van der Waals surface area contributed by atoms with Gasteiger partial charge in [-0.05, 0) is 36.4 Å². The molecule has 132 valence electrons. The van der Waals surface area contributed by atoms with E-state index in [-0.39, 0.29) is 0 Å². The van der Waals surface area contributed by atoms with Crippen molar-refractivity contribution in [1.82, 2.24) is 0 Å². The summed E-state index contributed by atoms with van der Waals surface area (Å²) in [5.41, 5.74) is 3.04. The second kappa shape index (κ2) is 7.54. The third-order valence-electron chi connectivity index (χ3n) is 4.36. The van der Waals surface area contributed by atoms with Crippen LogP contribution in [0.3, 0.4) is 0 Å². The van der Waals surface area contributed by atoms with E-state index in [1.165, 1.54) is 0 Å². The zero-order valence-corrected chi connectivity index (χ0v) is 14.6. The van der Waals surface area contributed by atoms with E-state index in [1.54, 1.807) is 6.07 Å². The molecule has 0 saturated carbocycles. The minimum atomic E-state index is -1.86. The summed E-state index contributed by atoms with van der Waals surface area (Å²) in [7, 11) is -1.86. The number of anilines is 3. The Morgan fingerprint density at radius 1 is 0.593 bits per heavy atom. The van der Waals surface area contributed by atoms with Gasteiger partial charge in [-0.2, -0.15) is 0 Å². The van der Waals surface area contributed by atoms with Crippen LogP contribution in [0.5, 0.6) is 5.75 Å². The highest BCUT2D eigenvalue weighted by Gasteiger charge is 2.18. The van der Waals surface area contributed by atoms with Gasteiger partial charge >= 0.3 is 7.32 Å². The molecular weight excluding hydrogens is 337 g/mol. The molecule has 0 saturated heterocycles. The molecule has 2 N–H and O–H groups in total. The Balaban J connectivity index is 1.95. The van der Waals surface area contributed by atoms with E-state index in [0.717, 1.165) is 27.8 Å². The summed E-state index contributed by atoms with van der Waals surface area (Å²) < 4.78 is 5.17. The van der Waals surface area contributed by atoms with Gasteiger partial charge in [-0.25, -0.2) is 0 Å². The van der Waals surface area contributed by atoms with Crippen molar-refractivity contribution >= 4 is 35.2 Å². The Hall–Kier alpha value is -3.28. The minimum Gasteiger partial charge on any atom is -0.512 e. The SMILES string of the molecule is OB(O)Oc1ccc(N(c2ccccc2)c2ccccc2)c2ccccc12. The van der Waals surface area contributed by atoms with Crippen molar-refractivity contribution in [3.63, 3.8) is 0 Å². The first-order valence-corrected chi connectivity index (χ1v) is 8.69. The maximum atomic E-state index is 9.22. The molecule has 0 unspecified atom stereocenters. The van der Waals surface area contributed by atoms with Crippen LogP contribution < -0.4 is 9.55 Å². The lowest BCUT2D eigenvalue weighted by Gasteiger charge is -2.27. The van der Waals surface area contributed by atoms with Crippen LogP contribution in [-0.4, -0.2) is 17.4 Å². The smallest absolute Gasteiger partial charge is 0.512 e. The van der Waals surface area contributed by atoms with Crippen molar-refractivity contribution in [3.8, 4) is 5.75 Å². The summed E-state index contributed by atoms with van der Waals surface area (Å²) in [6.45, 7) is 0. The minimum absolute atomic E-state index is 0.422. The van der Waals surface area contributed by atoms with Gasteiger partial charge in [0, 0.05) is 22.1 Å². The Kier molecular flexibility index (Phi) is 4.79. The van der Waals surface area contributed by atoms with Crippen LogP contribution in [0.2, 0.25) is 0 Å². The average Bonchev–Trinajstić information content (AvgIpc) is 2.71. The van der Waals surface area contributed by atoms with Crippen molar-refractivity contribution in [1.29, 1.82) is 0 Å². The molecular formula is C22H18BNO3. The highest BCUT2D eigenvalue weighted by atomic mass is 16.6. The molecule has 0 aromatic heterocycles. The summed E-state index contributed by atoms with van der Waals surface area (Å²) >= 11 is 0. The molecule has 4 aromatic carbocycles. The van der Waals surface area contributed by atoms with Gasteiger partial charge in [0.25, 0.3) is 0 Å². The zero-order chi connectivity index (χ0) is 18.6. The zero-order valence-electron chi connectivity index (χ0n) is 14.6. The molecule has 0 aliphatic carbocycles. The van der Waals surface area contributed by atoms with Gasteiger partial charge in [-0.1, -0.05) is 60.7 Å². The number of hydrogen-bond donors (Lipinski definition) is 2. The summed E-state index contributed by atoms with van der Waals surface area (Å²) in [6.07, 6.45) is 0. The van der Waals surface area contributed by atoms with Gasteiger partial charge < -0.3 is 19.6 Å². The molecule has 0 fully saturated rings. The predicted octanol–water partition coefficient (Wildman–Crippen LogP) is 4.66. The van der Waals surface area contributed by atoms with E-state index < -0.39 is 7.32 Å². The van der Waals surface area contributed by atoms with Crippen molar-refractivity contribution in [2.24, 2.45) is 0 Å². The number of para-hydroxylation sites is 2. The van der Waals surface area contributed by atoms with Crippen LogP contribution in [0.25, 0.3) is 10.8 Å². The summed E-state index contributed by atoms with van der Waals surface area (Å²) in [5.74, 6) is 0.422. The molecule has 0 heterocycles. The molecule has 0 aliphatic heterocycles. The number of nitrogens with zero attached hydrogens (tertiary/aromatic N) is 1. The normalized spacial score (nSPS) is 10.6. The van der Waals surface area contributed by atoms with Crippen LogP contribution in [0.15, 0.2) is 97.1 Å². The first kappa shape index (κ1) is 17.2. The third kappa shape index (κ3) is 3.51. The van der Waals surface area contributed by atoms with Crippen LogP contribution in [0.4, 0.5) is 17.1 Å². The highest BCUT2D eigenvalue weighted by Crippen LogP contribution is 2.41. The largest absolute Gasteiger partial charge is 0.707 e. The number of rotatable bonds is 5. The molecule has 0 radical (unpaired) electrons. The fourth-order valence-electron chi connectivity index (χ4n) is 3.25. The van der Waals surface area contributed by atoms with Gasteiger partial charge in [-0.3, -0.25) is 0 Å². The van der Waals surface area contributed by atoms with Crippen LogP contribution >= 0.6 is 0 Å². The van der Waals surface area contributed by atoms with Gasteiger partial charge in [0.2, 0.25) is 0 Å². The maximum Gasteiger partial charge on any atom is 0.707 e. The molecule has 27 heavy (non-hydrogen) atoms. The molecule has 4 rings (SSSR count). The van der Waals surface area contributed by atoms with Crippen LogP contribution in [-0.2, 0) is 0 Å². The Morgan fingerprint density at radius 2 is 1.11 bits per heavy atom. The molecule has 0 amide bonds. The first-order chi connectivity index (χ1) is 13.2. The predicted molar refractivity (Wildman–Crippen MR) is 109 cm³/mol. The molecule has 4 aromatic rings. The number of hydrogen-bond acceptors (Lipinski definition) is 4. The van der Waals surface area contributed by atoms with E-state index in [0.29, 0.717) is 5.75 Å². The van der Waals surface area contributed by atoms with Gasteiger partial charge in [0.15, 0.2) is 0 Å². The molecule has 0 bridgehead atoms. The van der Waals surface area contributed by atoms with Crippen molar-refractivity contribution in [2.75, 3.05) is 4.90 Å². The molecule has 0 atom stereocenters. The summed E-state index contributed by atoms with van der Waals surface area (Å²) in [6, 6.07) is 31.7. The summed E-state index contributed by atoms with van der Waals surface area (Å²) in [5, 5.41) is 20.2. The van der Waals surface area contributed by atoms with Crippen molar-refractivity contribution in [2.45, 2.75) is 0 Å². The Bertz CT molecular complexity index is 1000. The first-order valence-electron chi connectivity index (χ1n) is 8.69. The van der Waals surface area contributed by atoms with Gasteiger partial charge in [0.1, 0.15) is 5.75 Å². The monoisotopic (exact) mass is 355 g/mol. The molecule has 5 heteroatoms.